The van der Waals surface area contributed by atoms with Gasteiger partial charge in [-0.15, -0.1) is 0 Å². The number of hydrogen-bond donors (Lipinski definition) is 0. The molecule has 0 aliphatic rings. The Kier molecular flexibility index (Phi) is 57.8. The van der Waals surface area contributed by atoms with Gasteiger partial charge in [0.1, 0.15) is 13.2 Å². The SMILES string of the molecule is CC/C=C\C/C=C\C/C=C\C/C=C\C/C=C\C/C=C\C/C=C\CCCCCC(=O)OCC(COC(=O)CCCCCCCCCCCCCCCC)OC(=O)CCCCCCC/C=C\CCCCCCCCC. The molecule has 0 aromatic rings. The first-order chi connectivity index (χ1) is 36.0. The smallest absolute Gasteiger partial charge is 0.306 e. The van der Waals surface area contributed by atoms with Gasteiger partial charge in [-0.1, -0.05) is 266 Å². The van der Waals surface area contributed by atoms with E-state index in [0.717, 1.165) is 122 Å². The molecule has 0 aromatic carbocycles. The Morgan fingerprint density at radius 3 is 0.863 bits per heavy atom. The number of carbonyl (C=O) groups is 3. The summed E-state index contributed by atoms with van der Waals surface area (Å²) in [7, 11) is 0. The zero-order chi connectivity index (χ0) is 52.9. The van der Waals surface area contributed by atoms with Gasteiger partial charge in [0.2, 0.25) is 0 Å². The lowest BCUT2D eigenvalue weighted by atomic mass is 10.0. The van der Waals surface area contributed by atoms with Gasteiger partial charge < -0.3 is 14.2 Å². The van der Waals surface area contributed by atoms with E-state index in [1.165, 1.54) is 128 Å². The molecule has 0 radical (unpaired) electrons. The van der Waals surface area contributed by atoms with Gasteiger partial charge in [-0.25, -0.2) is 0 Å². The van der Waals surface area contributed by atoms with Gasteiger partial charge in [0.05, 0.1) is 0 Å². The largest absolute Gasteiger partial charge is 0.462 e. The third kappa shape index (κ3) is 59.1. The highest BCUT2D eigenvalue weighted by atomic mass is 16.6. The van der Waals surface area contributed by atoms with Crippen molar-refractivity contribution < 1.29 is 28.6 Å². The van der Waals surface area contributed by atoms with Crippen LogP contribution in [0.1, 0.15) is 290 Å². The number of unbranched alkanes of at least 4 members (excludes halogenated alkanes) is 28. The van der Waals surface area contributed by atoms with Gasteiger partial charge in [-0.3, -0.25) is 14.4 Å². The Balaban J connectivity index is 4.42. The van der Waals surface area contributed by atoms with Crippen LogP contribution in [0.25, 0.3) is 0 Å². The third-order valence-corrected chi connectivity index (χ3v) is 13.1. The molecule has 73 heavy (non-hydrogen) atoms. The van der Waals surface area contributed by atoms with Crippen molar-refractivity contribution >= 4 is 17.9 Å². The molecule has 0 heterocycles. The molecule has 0 saturated heterocycles. The van der Waals surface area contributed by atoms with Crippen LogP contribution in [-0.4, -0.2) is 37.2 Å². The summed E-state index contributed by atoms with van der Waals surface area (Å²) in [5.74, 6) is -0.924. The van der Waals surface area contributed by atoms with E-state index in [1.54, 1.807) is 0 Å². The predicted octanol–water partition coefficient (Wildman–Crippen LogP) is 20.9. The van der Waals surface area contributed by atoms with Crippen LogP contribution in [0.4, 0.5) is 0 Å². The Hall–Kier alpha value is -3.67. The molecular formula is C67H114O6. The molecule has 0 amide bonds. The summed E-state index contributed by atoms with van der Waals surface area (Å²) in [5.41, 5.74) is 0. The molecule has 1 unspecified atom stereocenters. The summed E-state index contributed by atoms with van der Waals surface area (Å²) >= 11 is 0. The number of rotatable bonds is 55. The minimum absolute atomic E-state index is 0.0894. The standard InChI is InChI=1S/C67H114O6/c1-4-7-10-13-16-19-22-25-28-30-31-32-33-34-35-36-37-38-40-42-45-48-51-54-57-60-66(69)72-63-64(62-71-65(68)59-56-53-50-47-44-41-27-24-21-18-15-12-9-6-3)73-67(70)61-58-55-52-49-46-43-39-29-26-23-20-17-14-11-8-5-2/h7,10,16,19,25,28-29,31-32,34-35,37-39,42,45,64H,4-6,8-9,11-15,17-18,20-24,26-27,30,33,36,40-41,43-44,46-63H2,1-3H3/b10-7-,19-16-,28-25-,32-31-,35-34-,38-37-,39-29-,45-42-. The molecule has 0 aliphatic carbocycles. The van der Waals surface area contributed by atoms with Crippen LogP contribution in [0.15, 0.2) is 97.2 Å². The molecular weight excluding hydrogens is 901 g/mol. The average Bonchev–Trinajstić information content (AvgIpc) is 3.39. The number of carbonyl (C=O) groups excluding carboxylic acids is 3. The molecule has 0 aliphatic heterocycles. The van der Waals surface area contributed by atoms with E-state index in [9.17, 15) is 14.4 Å². The molecule has 418 valence electrons. The third-order valence-electron chi connectivity index (χ3n) is 13.1. The molecule has 0 aromatic heterocycles. The minimum atomic E-state index is -0.795. The van der Waals surface area contributed by atoms with Crippen LogP contribution in [0.2, 0.25) is 0 Å². The molecule has 6 nitrogen and oxygen atoms in total. The molecule has 6 heteroatoms. The lowest BCUT2D eigenvalue weighted by Crippen LogP contribution is -2.30. The van der Waals surface area contributed by atoms with Crippen molar-refractivity contribution in [3.63, 3.8) is 0 Å². The number of hydrogen-bond acceptors (Lipinski definition) is 6. The second-order valence-corrected chi connectivity index (χ2v) is 20.2. The zero-order valence-electron chi connectivity index (χ0n) is 47.9. The van der Waals surface area contributed by atoms with Crippen LogP contribution in [0.3, 0.4) is 0 Å². The summed E-state index contributed by atoms with van der Waals surface area (Å²) in [6, 6.07) is 0. The van der Waals surface area contributed by atoms with Crippen molar-refractivity contribution in [1.29, 1.82) is 0 Å². The van der Waals surface area contributed by atoms with Crippen LogP contribution >= 0.6 is 0 Å². The zero-order valence-corrected chi connectivity index (χ0v) is 47.9. The quantitative estimate of drug-likeness (QED) is 0.0261. The van der Waals surface area contributed by atoms with Crippen molar-refractivity contribution in [2.75, 3.05) is 13.2 Å². The van der Waals surface area contributed by atoms with E-state index < -0.39 is 6.10 Å². The Labute approximate surface area is 451 Å². The van der Waals surface area contributed by atoms with Gasteiger partial charge in [-0.2, -0.15) is 0 Å². The van der Waals surface area contributed by atoms with E-state index in [4.69, 9.17) is 14.2 Å². The van der Waals surface area contributed by atoms with Crippen LogP contribution in [0, 0.1) is 0 Å². The van der Waals surface area contributed by atoms with Crippen molar-refractivity contribution in [3.8, 4) is 0 Å². The van der Waals surface area contributed by atoms with E-state index in [2.05, 4.69) is 118 Å². The second-order valence-electron chi connectivity index (χ2n) is 20.2. The van der Waals surface area contributed by atoms with Gasteiger partial charge in [0.15, 0.2) is 6.10 Å². The normalized spacial score (nSPS) is 12.8. The Bertz CT molecular complexity index is 1440. The highest BCUT2D eigenvalue weighted by molar-refractivity contribution is 5.71. The molecule has 0 spiro atoms. The first-order valence-corrected chi connectivity index (χ1v) is 30.7. The van der Waals surface area contributed by atoms with Crippen LogP contribution < -0.4 is 0 Å². The van der Waals surface area contributed by atoms with Crippen LogP contribution in [-0.2, 0) is 28.6 Å². The van der Waals surface area contributed by atoms with E-state index in [-0.39, 0.29) is 31.1 Å². The van der Waals surface area contributed by atoms with Gasteiger partial charge in [0.25, 0.3) is 0 Å². The number of ether oxygens (including phenoxy) is 3. The highest BCUT2D eigenvalue weighted by Crippen LogP contribution is 2.15. The highest BCUT2D eigenvalue weighted by Gasteiger charge is 2.19. The molecule has 1 atom stereocenters. The summed E-state index contributed by atoms with van der Waals surface area (Å²) in [5, 5.41) is 0. The maximum atomic E-state index is 12.9. The number of esters is 3. The summed E-state index contributed by atoms with van der Waals surface area (Å²) in [4.78, 5) is 38.2. The fraction of sp³-hybridized carbons (Fsp3) is 0.716. The Morgan fingerprint density at radius 1 is 0.288 bits per heavy atom. The lowest BCUT2D eigenvalue weighted by Gasteiger charge is -2.18. The van der Waals surface area contributed by atoms with Crippen molar-refractivity contribution in [1.82, 2.24) is 0 Å². The van der Waals surface area contributed by atoms with Crippen LogP contribution in [0.5, 0.6) is 0 Å². The number of allylic oxidation sites excluding steroid dienone is 16. The van der Waals surface area contributed by atoms with Crippen molar-refractivity contribution in [2.24, 2.45) is 0 Å². The maximum absolute atomic E-state index is 12.9. The fourth-order valence-electron chi connectivity index (χ4n) is 8.48. The van der Waals surface area contributed by atoms with Crippen molar-refractivity contribution in [2.45, 2.75) is 297 Å². The summed E-state index contributed by atoms with van der Waals surface area (Å²) in [6.07, 6.45) is 81.1. The molecule has 0 rings (SSSR count). The van der Waals surface area contributed by atoms with E-state index in [1.807, 2.05) is 0 Å². The molecule has 0 saturated carbocycles. The summed E-state index contributed by atoms with van der Waals surface area (Å²) in [6.45, 7) is 6.51. The maximum Gasteiger partial charge on any atom is 0.306 e. The molecule has 0 N–H and O–H groups in total. The average molecular weight is 1020 g/mol. The van der Waals surface area contributed by atoms with E-state index >= 15 is 0 Å². The molecule has 0 fully saturated rings. The monoisotopic (exact) mass is 1010 g/mol. The molecule has 0 bridgehead atoms. The Morgan fingerprint density at radius 2 is 0.534 bits per heavy atom. The van der Waals surface area contributed by atoms with Gasteiger partial charge in [-0.05, 0) is 103 Å². The summed E-state index contributed by atoms with van der Waals surface area (Å²) < 4.78 is 16.9. The predicted molar refractivity (Wildman–Crippen MR) is 316 cm³/mol. The fourth-order valence-corrected chi connectivity index (χ4v) is 8.48. The van der Waals surface area contributed by atoms with E-state index in [0.29, 0.717) is 19.3 Å². The second kappa shape index (κ2) is 60.9. The topological polar surface area (TPSA) is 78.9 Å². The van der Waals surface area contributed by atoms with Crippen molar-refractivity contribution in [3.05, 3.63) is 97.2 Å². The first kappa shape index (κ1) is 69.3. The van der Waals surface area contributed by atoms with Gasteiger partial charge >= 0.3 is 17.9 Å². The first-order valence-electron chi connectivity index (χ1n) is 30.7. The lowest BCUT2D eigenvalue weighted by molar-refractivity contribution is -0.167. The minimum Gasteiger partial charge on any atom is -0.462 e. The van der Waals surface area contributed by atoms with Gasteiger partial charge in [0, 0.05) is 19.3 Å².